The van der Waals surface area contributed by atoms with Gasteiger partial charge in [0.25, 0.3) is 0 Å². The Morgan fingerprint density at radius 2 is 2.17 bits per heavy atom. The SMILES string of the molecule is OCC1=CCOc2ccccc21. The molecule has 0 aromatic heterocycles. The fourth-order valence-electron chi connectivity index (χ4n) is 1.35. The molecule has 0 unspecified atom stereocenters. The second-order valence-corrected chi connectivity index (χ2v) is 2.69. The van der Waals surface area contributed by atoms with Crippen LogP contribution in [0.1, 0.15) is 5.56 Å². The average molecular weight is 162 g/mol. The van der Waals surface area contributed by atoms with E-state index < -0.39 is 0 Å². The third-order valence-corrected chi connectivity index (χ3v) is 1.97. The molecule has 1 aliphatic rings. The molecule has 2 rings (SSSR count). The molecule has 1 N–H and O–H groups in total. The van der Waals surface area contributed by atoms with Crippen LogP contribution in [-0.4, -0.2) is 18.3 Å². The number of para-hydroxylation sites is 1. The first-order chi connectivity index (χ1) is 5.92. The molecule has 1 aromatic carbocycles. The van der Waals surface area contributed by atoms with Crippen LogP contribution in [0.5, 0.6) is 5.75 Å². The van der Waals surface area contributed by atoms with Gasteiger partial charge in [0.1, 0.15) is 12.4 Å². The maximum Gasteiger partial charge on any atom is 0.127 e. The molecule has 0 amide bonds. The van der Waals surface area contributed by atoms with Gasteiger partial charge in [0.2, 0.25) is 0 Å². The van der Waals surface area contributed by atoms with Crippen LogP contribution in [0.2, 0.25) is 0 Å². The Morgan fingerprint density at radius 1 is 1.33 bits per heavy atom. The highest BCUT2D eigenvalue weighted by molar-refractivity contribution is 5.72. The summed E-state index contributed by atoms with van der Waals surface area (Å²) < 4.78 is 5.37. The van der Waals surface area contributed by atoms with E-state index in [1.165, 1.54) is 0 Å². The third kappa shape index (κ3) is 1.10. The molecular weight excluding hydrogens is 152 g/mol. The second-order valence-electron chi connectivity index (χ2n) is 2.69. The Kier molecular flexibility index (Phi) is 1.84. The number of fused-ring (bicyclic) bond motifs is 1. The van der Waals surface area contributed by atoms with Crippen molar-refractivity contribution in [2.24, 2.45) is 0 Å². The molecule has 62 valence electrons. The number of hydrogen-bond acceptors (Lipinski definition) is 2. The van der Waals surface area contributed by atoms with E-state index in [9.17, 15) is 0 Å². The van der Waals surface area contributed by atoms with Crippen molar-refractivity contribution in [3.05, 3.63) is 35.9 Å². The van der Waals surface area contributed by atoms with Gasteiger partial charge in [-0.15, -0.1) is 0 Å². The van der Waals surface area contributed by atoms with E-state index in [1.54, 1.807) is 0 Å². The van der Waals surface area contributed by atoms with E-state index in [0.717, 1.165) is 16.9 Å². The fourth-order valence-corrected chi connectivity index (χ4v) is 1.35. The Morgan fingerprint density at radius 3 is 3.00 bits per heavy atom. The summed E-state index contributed by atoms with van der Waals surface area (Å²) in [5.74, 6) is 0.865. The summed E-state index contributed by atoms with van der Waals surface area (Å²) >= 11 is 0. The summed E-state index contributed by atoms with van der Waals surface area (Å²) in [7, 11) is 0. The topological polar surface area (TPSA) is 29.5 Å². The van der Waals surface area contributed by atoms with Crippen molar-refractivity contribution in [3.8, 4) is 5.75 Å². The molecule has 0 radical (unpaired) electrons. The van der Waals surface area contributed by atoms with Crippen LogP contribution >= 0.6 is 0 Å². The highest BCUT2D eigenvalue weighted by Crippen LogP contribution is 2.28. The molecule has 1 heterocycles. The Labute approximate surface area is 71.1 Å². The van der Waals surface area contributed by atoms with Crippen molar-refractivity contribution >= 4 is 5.57 Å². The van der Waals surface area contributed by atoms with Gasteiger partial charge in [-0.3, -0.25) is 0 Å². The van der Waals surface area contributed by atoms with Crippen LogP contribution in [-0.2, 0) is 0 Å². The molecule has 1 aromatic rings. The Hall–Kier alpha value is -1.28. The molecule has 2 heteroatoms. The lowest BCUT2D eigenvalue weighted by atomic mass is 10.0. The van der Waals surface area contributed by atoms with E-state index in [2.05, 4.69) is 0 Å². The largest absolute Gasteiger partial charge is 0.489 e. The highest BCUT2D eigenvalue weighted by Gasteiger charge is 2.10. The lowest BCUT2D eigenvalue weighted by molar-refractivity contribution is 0.333. The number of aliphatic hydroxyl groups excluding tert-OH is 1. The predicted molar refractivity (Wildman–Crippen MR) is 47.0 cm³/mol. The fraction of sp³-hybridized carbons (Fsp3) is 0.200. The van der Waals surface area contributed by atoms with Gasteiger partial charge in [-0.05, 0) is 17.7 Å². The first kappa shape index (κ1) is 7.37. The number of hydrogen-bond donors (Lipinski definition) is 1. The van der Waals surface area contributed by atoms with Gasteiger partial charge in [0, 0.05) is 5.56 Å². The summed E-state index contributed by atoms with van der Waals surface area (Å²) in [5.41, 5.74) is 1.96. The van der Waals surface area contributed by atoms with Crippen molar-refractivity contribution in [2.45, 2.75) is 0 Å². The molecule has 0 saturated carbocycles. The lowest BCUT2D eigenvalue weighted by Gasteiger charge is -2.16. The maximum atomic E-state index is 9.01. The molecule has 1 aliphatic heterocycles. The van der Waals surface area contributed by atoms with Gasteiger partial charge in [0.05, 0.1) is 6.61 Å². The zero-order valence-corrected chi connectivity index (χ0v) is 6.66. The van der Waals surface area contributed by atoms with Crippen molar-refractivity contribution in [3.63, 3.8) is 0 Å². The zero-order valence-electron chi connectivity index (χ0n) is 6.66. The van der Waals surface area contributed by atoms with Crippen LogP contribution < -0.4 is 4.74 Å². The molecule has 12 heavy (non-hydrogen) atoms. The molecule has 0 spiro atoms. The van der Waals surface area contributed by atoms with Crippen molar-refractivity contribution in [1.82, 2.24) is 0 Å². The van der Waals surface area contributed by atoms with E-state index >= 15 is 0 Å². The molecule has 0 atom stereocenters. The van der Waals surface area contributed by atoms with E-state index in [1.807, 2.05) is 30.3 Å². The molecule has 0 fully saturated rings. The normalized spacial score (nSPS) is 14.6. The van der Waals surface area contributed by atoms with Gasteiger partial charge in [-0.1, -0.05) is 18.2 Å². The number of aliphatic hydroxyl groups is 1. The van der Waals surface area contributed by atoms with Crippen LogP contribution in [0.15, 0.2) is 30.3 Å². The zero-order chi connectivity index (χ0) is 8.39. The molecule has 0 aliphatic carbocycles. The standard InChI is InChI=1S/C10H10O2/c11-7-8-5-6-12-10-4-2-1-3-9(8)10/h1-5,11H,6-7H2. The third-order valence-electron chi connectivity index (χ3n) is 1.97. The summed E-state index contributed by atoms with van der Waals surface area (Å²) in [6.45, 7) is 0.646. The van der Waals surface area contributed by atoms with Crippen LogP contribution in [0.3, 0.4) is 0 Å². The first-order valence-corrected chi connectivity index (χ1v) is 3.94. The van der Waals surface area contributed by atoms with Gasteiger partial charge >= 0.3 is 0 Å². The van der Waals surface area contributed by atoms with Crippen LogP contribution in [0.4, 0.5) is 0 Å². The molecule has 0 bridgehead atoms. The quantitative estimate of drug-likeness (QED) is 0.677. The minimum atomic E-state index is 0.0837. The predicted octanol–water partition coefficient (Wildman–Crippen LogP) is 1.45. The maximum absolute atomic E-state index is 9.01. The molecular formula is C10H10O2. The second kappa shape index (κ2) is 2.99. The van der Waals surface area contributed by atoms with Crippen molar-refractivity contribution < 1.29 is 9.84 Å². The number of benzene rings is 1. The molecule has 2 nitrogen and oxygen atoms in total. The minimum Gasteiger partial charge on any atom is -0.489 e. The Balaban J connectivity index is 2.48. The summed E-state index contributed by atoms with van der Waals surface area (Å²) in [4.78, 5) is 0. The van der Waals surface area contributed by atoms with E-state index in [-0.39, 0.29) is 6.61 Å². The van der Waals surface area contributed by atoms with Crippen LogP contribution in [0.25, 0.3) is 5.57 Å². The van der Waals surface area contributed by atoms with Crippen molar-refractivity contribution in [2.75, 3.05) is 13.2 Å². The molecule has 0 saturated heterocycles. The first-order valence-electron chi connectivity index (χ1n) is 3.94. The van der Waals surface area contributed by atoms with E-state index in [0.29, 0.717) is 6.61 Å². The highest BCUT2D eigenvalue weighted by atomic mass is 16.5. The van der Waals surface area contributed by atoms with Gasteiger partial charge in [-0.25, -0.2) is 0 Å². The van der Waals surface area contributed by atoms with Crippen molar-refractivity contribution in [1.29, 1.82) is 0 Å². The summed E-state index contributed by atoms with van der Waals surface area (Å²) in [6, 6.07) is 7.74. The summed E-state index contributed by atoms with van der Waals surface area (Å²) in [6.07, 6.45) is 1.91. The van der Waals surface area contributed by atoms with Gasteiger partial charge in [0.15, 0.2) is 0 Å². The Bertz CT molecular complexity index is 315. The average Bonchev–Trinajstić information content (AvgIpc) is 2.17. The van der Waals surface area contributed by atoms with Crippen LogP contribution in [0, 0.1) is 0 Å². The minimum absolute atomic E-state index is 0.0837. The smallest absolute Gasteiger partial charge is 0.127 e. The van der Waals surface area contributed by atoms with E-state index in [4.69, 9.17) is 9.84 Å². The number of rotatable bonds is 1. The van der Waals surface area contributed by atoms with Gasteiger partial charge < -0.3 is 9.84 Å². The number of ether oxygens (including phenoxy) is 1. The summed E-state index contributed by atoms with van der Waals surface area (Å²) in [5, 5.41) is 9.01. The lowest BCUT2D eigenvalue weighted by Crippen LogP contribution is -2.06. The van der Waals surface area contributed by atoms with Gasteiger partial charge in [-0.2, -0.15) is 0 Å². The monoisotopic (exact) mass is 162 g/mol.